The molecule has 1 saturated heterocycles. The van der Waals surface area contributed by atoms with Gasteiger partial charge in [0.2, 0.25) is 0 Å². The van der Waals surface area contributed by atoms with Crippen LogP contribution in [0.3, 0.4) is 0 Å². The second kappa shape index (κ2) is 10.5. The number of carboxylic acid groups (broad SMARTS) is 1. The van der Waals surface area contributed by atoms with Crippen molar-refractivity contribution in [3.63, 3.8) is 0 Å². The molecule has 10 heteroatoms. The Bertz CT molecular complexity index is 871. The second-order valence-electron chi connectivity index (χ2n) is 6.52. The van der Waals surface area contributed by atoms with E-state index in [9.17, 15) is 13.2 Å². The highest BCUT2D eigenvalue weighted by molar-refractivity contribution is 7.80. The van der Waals surface area contributed by atoms with Gasteiger partial charge in [0.15, 0.2) is 5.11 Å². The SMILES string of the molecule is Cc1ccc(NC(=S)N2CCN(c3ccc(C(F)(F)F)cc3)CC2)cc1Cl.O=CO. The monoisotopic (exact) mass is 459 g/mol. The largest absolute Gasteiger partial charge is 0.483 e. The molecule has 0 aromatic heterocycles. The zero-order valence-electron chi connectivity index (χ0n) is 16.1. The Labute approximate surface area is 183 Å². The van der Waals surface area contributed by atoms with Crippen molar-refractivity contribution >= 4 is 46.8 Å². The summed E-state index contributed by atoms with van der Waals surface area (Å²) in [4.78, 5) is 12.5. The van der Waals surface area contributed by atoms with Crippen molar-refractivity contribution in [3.05, 3.63) is 58.6 Å². The maximum absolute atomic E-state index is 12.7. The lowest BCUT2D eigenvalue weighted by Crippen LogP contribution is -2.50. The van der Waals surface area contributed by atoms with Crippen LogP contribution in [0.25, 0.3) is 0 Å². The van der Waals surface area contributed by atoms with Gasteiger partial charge < -0.3 is 20.2 Å². The first-order chi connectivity index (χ1) is 14.2. The number of nitrogens with zero attached hydrogens (tertiary/aromatic N) is 2. The van der Waals surface area contributed by atoms with Crippen molar-refractivity contribution in [2.24, 2.45) is 0 Å². The Morgan fingerprint density at radius 3 is 2.20 bits per heavy atom. The number of thiocarbonyl (C=S) groups is 1. The Hall–Kier alpha value is -2.52. The lowest BCUT2D eigenvalue weighted by molar-refractivity contribution is -0.137. The Morgan fingerprint density at radius 1 is 1.13 bits per heavy atom. The summed E-state index contributed by atoms with van der Waals surface area (Å²) >= 11 is 11.6. The number of piperazine rings is 1. The second-order valence-corrected chi connectivity index (χ2v) is 7.31. The standard InChI is InChI=1S/C19H19ClF3N3S.CH2O2/c1-13-2-5-15(12-17(13)20)24-18(27)26-10-8-25(9-11-26)16-6-3-14(4-7-16)19(21,22)23;2-1-3/h2-7,12H,8-11H2,1H3,(H,24,27);1H,(H,2,3). The van der Waals surface area contributed by atoms with Crippen LogP contribution in [0.5, 0.6) is 0 Å². The van der Waals surface area contributed by atoms with Gasteiger partial charge in [0.05, 0.1) is 5.56 Å². The van der Waals surface area contributed by atoms with E-state index in [-0.39, 0.29) is 6.47 Å². The molecular formula is C20H21ClF3N3O2S. The molecule has 2 N–H and O–H groups in total. The molecule has 30 heavy (non-hydrogen) atoms. The van der Waals surface area contributed by atoms with E-state index >= 15 is 0 Å². The molecule has 1 aliphatic rings. The van der Waals surface area contributed by atoms with Crippen LogP contribution in [0.15, 0.2) is 42.5 Å². The molecule has 3 rings (SSSR count). The van der Waals surface area contributed by atoms with Gasteiger partial charge in [-0.25, -0.2) is 0 Å². The van der Waals surface area contributed by atoms with Crippen LogP contribution in [0.1, 0.15) is 11.1 Å². The van der Waals surface area contributed by atoms with Crippen molar-refractivity contribution in [2.45, 2.75) is 13.1 Å². The zero-order chi connectivity index (χ0) is 22.3. The van der Waals surface area contributed by atoms with E-state index in [1.54, 1.807) is 0 Å². The quantitative estimate of drug-likeness (QED) is 0.493. The molecule has 5 nitrogen and oxygen atoms in total. The van der Waals surface area contributed by atoms with Gasteiger partial charge in [0, 0.05) is 42.6 Å². The molecule has 0 radical (unpaired) electrons. The fourth-order valence-corrected chi connectivity index (χ4v) is 3.38. The summed E-state index contributed by atoms with van der Waals surface area (Å²) in [6.45, 7) is 4.42. The fourth-order valence-electron chi connectivity index (χ4n) is 2.90. The van der Waals surface area contributed by atoms with Crippen LogP contribution < -0.4 is 10.2 Å². The van der Waals surface area contributed by atoms with E-state index in [2.05, 4.69) is 10.2 Å². The molecule has 0 atom stereocenters. The molecule has 1 fully saturated rings. The van der Waals surface area contributed by atoms with E-state index < -0.39 is 11.7 Å². The summed E-state index contributed by atoms with van der Waals surface area (Å²) in [7, 11) is 0. The van der Waals surface area contributed by atoms with E-state index in [4.69, 9.17) is 33.7 Å². The topological polar surface area (TPSA) is 55.8 Å². The van der Waals surface area contributed by atoms with Gasteiger partial charge in [-0.05, 0) is 61.1 Å². The van der Waals surface area contributed by atoms with Gasteiger partial charge in [0.25, 0.3) is 6.47 Å². The molecule has 0 amide bonds. The predicted molar refractivity (Wildman–Crippen MR) is 116 cm³/mol. The van der Waals surface area contributed by atoms with E-state index in [1.807, 2.05) is 30.0 Å². The Kier molecular flexibility index (Phi) is 8.31. The minimum absolute atomic E-state index is 0.250. The molecule has 1 heterocycles. The number of hydrogen-bond acceptors (Lipinski definition) is 3. The maximum atomic E-state index is 12.7. The molecular weight excluding hydrogens is 439 g/mol. The third-order valence-electron chi connectivity index (χ3n) is 4.55. The zero-order valence-corrected chi connectivity index (χ0v) is 17.7. The molecule has 1 aliphatic heterocycles. The fraction of sp³-hybridized carbons (Fsp3) is 0.300. The number of aryl methyl sites for hydroxylation is 1. The van der Waals surface area contributed by atoms with Crippen molar-refractivity contribution < 1.29 is 23.1 Å². The van der Waals surface area contributed by atoms with E-state index in [0.29, 0.717) is 36.3 Å². The lowest BCUT2D eigenvalue weighted by Gasteiger charge is -2.37. The van der Waals surface area contributed by atoms with Crippen LogP contribution in [0.4, 0.5) is 24.5 Å². The molecule has 0 unspecified atom stereocenters. The van der Waals surface area contributed by atoms with Gasteiger partial charge in [-0.15, -0.1) is 0 Å². The third kappa shape index (κ3) is 6.50. The number of hydrogen-bond donors (Lipinski definition) is 2. The highest BCUT2D eigenvalue weighted by atomic mass is 35.5. The molecule has 2 aromatic carbocycles. The number of rotatable bonds is 2. The van der Waals surface area contributed by atoms with Crippen LogP contribution in [-0.4, -0.2) is 47.8 Å². The van der Waals surface area contributed by atoms with Crippen LogP contribution >= 0.6 is 23.8 Å². The Balaban J connectivity index is 0.00000101. The summed E-state index contributed by atoms with van der Waals surface area (Å²) in [6.07, 6.45) is -4.31. The minimum atomic E-state index is -4.31. The maximum Gasteiger partial charge on any atom is 0.416 e. The summed E-state index contributed by atoms with van der Waals surface area (Å²) in [5.41, 5.74) is 1.98. The van der Waals surface area contributed by atoms with E-state index in [0.717, 1.165) is 29.1 Å². The average Bonchev–Trinajstić information content (AvgIpc) is 2.71. The highest BCUT2D eigenvalue weighted by Crippen LogP contribution is 2.30. The first-order valence-electron chi connectivity index (χ1n) is 8.98. The Morgan fingerprint density at radius 2 is 1.70 bits per heavy atom. The van der Waals surface area contributed by atoms with E-state index in [1.165, 1.54) is 12.1 Å². The first-order valence-corrected chi connectivity index (χ1v) is 9.76. The van der Waals surface area contributed by atoms with Crippen LogP contribution in [-0.2, 0) is 11.0 Å². The smallest absolute Gasteiger partial charge is 0.416 e. The highest BCUT2D eigenvalue weighted by Gasteiger charge is 2.30. The predicted octanol–water partition coefficient (Wildman–Crippen LogP) is 4.89. The number of anilines is 2. The molecule has 0 aliphatic carbocycles. The average molecular weight is 460 g/mol. The molecule has 0 spiro atoms. The number of benzene rings is 2. The molecule has 2 aromatic rings. The van der Waals surface area contributed by atoms with Gasteiger partial charge in [0.1, 0.15) is 0 Å². The lowest BCUT2D eigenvalue weighted by atomic mass is 10.1. The summed E-state index contributed by atoms with van der Waals surface area (Å²) in [6, 6.07) is 11.0. The van der Waals surface area contributed by atoms with Gasteiger partial charge >= 0.3 is 6.18 Å². The normalized spacial score (nSPS) is 13.9. The number of nitrogens with one attached hydrogen (secondary N) is 1. The van der Waals surface area contributed by atoms with Crippen LogP contribution in [0, 0.1) is 6.92 Å². The molecule has 0 bridgehead atoms. The summed E-state index contributed by atoms with van der Waals surface area (Å²) < 4.78 is 38.0. The van der Waals surface area contributed by atoms with Crippen molar-refractivity contribution in [2.75, 3.05) is 36.4 Å². The van der Waals surface area contributed by atoms with Crippen molar-refractivity contribution in [1.29, 1.82) is 0 Å². The van der Waals surface area contributed by atoms with Crippen LogP contribution in [0.2, 0.25) is 5.02 Å². The minimum Gasteiger partial charge on any atom is -0.483 e. The number of halogens is 4. The summed E-state index contributed by atoms with van der Waals surface area (Å²) in [5.74, 6) is 0. The van der Waals surface area contributed by atoms with Crippen molar-refractivity contribution in [3.8, 4) is 0 Å². The number of carbonyl (C=O) groups is 1. The summed E-state index contributed by atoms with van der Waals surface area (Å²) in [5, 5.41) is 11.4. The van der Waals surface area contributed by atoms with Gasteiger partial charge in [-0.1, -0.05) is 17.7 Å². The van der Waals surface area contributed by atoms with Gasteiger partial charge in [-0.2, -0.15) is 13.2 Å². The molecule has 162 valence electrons. The first kappa shape index (κ1) is 23.8. The van der Waals surface area contributed by atoms with Gasteiger partial charge in [-0.3, -0.25) is 4.79 Å². The molecule has 0 saturated carbocycles. The third-order valence-corrected chi connectivity index (χ3v) is 5.32. The number of alkyl halides is 3. The van der Waals surface area contributed by atoms with Crippen molar-refractivity contribution in [1.82, 2.24) is 4.90 Å².